The van der Waals surface area contributed by atoms with Crippen LogP contribution in [0.25, 0.3) is 0 Å². The lowest BCUT2D eigenvalue weighted by Crippen LogP contribution is -2.43. The van der Waals surface area contributed by atoms with Gasteiger partial charge in [-0.3, -0.25) is 4.79 Å². The zero-order valence-corrected chi connectivity index (χ0v) is 9.94. The Kier molecular flexibility index (Phi) is 3.63. The van der Waals surface area contributed by atoms with Crippen LogP contribution in [-0.2, 0) is 4.79 Å². The summed E-state index contributed by atoms with van der Waals surface area (Å²) < 4.78 is 0. The monoisotopic (exact) mass is 252 g/mol. The molecule has 1 aromatic heterocycles. The Morgan fingerprint density at radius 1 is 1.47 bits per heavy atom. The molecule has 6 heteroatoms. The molecular weight excluding hydrogens is 240 g/mol. The lowest BCUT2D eigenvalue weighted by Gasteiger charge is -2.30. The SMILES string of the molecule is O=C(O)c1cc(SCC(=O)N2CCC2)ccn1. The molecule has 1 aliphatic rings. The van der Waals surface area contributed by atoms with Crippen LogP contribution in [0.4, 0.5) is 0 Å². The summed E-state index contributed by atoms with van der Waals surface area (Å²) in [5.74, 6) is -0.597. The van der Waals surface area contributed by atoms with Crippen LogP contribution in [0.3, 0.4) is 0 Å². The first-order valence-corrected chi connectivity index (χ1v) is 6.25. The van der Waals surface area contributed by atoms with Gasteiger partial charge in [-0.1, -0.05) is 0 Å². The van der Waals surface area contributed by atoms with Gasteiger partial charge in [0, 0.05) is 24.2 Å². The van der Waals surface area contributed by atoms with Crippen molar-refractivity contribution >= 4 is 23.6 Å². The Morgan fingerprint density at radius 3 is 2.82 bits per heavy atom. The van der Waals surface area contributed by atoms with Crippen LogP contribution >= 0.6 is 11.8 Å². The number of carboxylic acid groups (broad SMARTS) is 1. The van der Waals surface area contributed by atoms with Crippen molar-refractivity contribution in [1.82, 2.24) is 9.88 Å². The van der Waals surface area contributed by atoms with Gasteiger partial charge < -0.3 is 10.0 Å². The van der Waals surface area contributed by atoms with Gasteiger partial charge in [0.2, 0.25) is 5.91 Å². The maximum absolute atomic E-state index is 11.6. The van der Waals surface area contributed by atoms with Crippen LogP contribution in [0.5, 0.6) is 0 Å². The number of amides is 1. The Bertz CT molecular complexity index is 446. The highest BCUT2D eigenvalue weighted by Crippen LogP contribution is 2.19. The van der Waals surface area contributed by atoms with E-state index in [9.17, 15) is 9.59 Å². The lowest BCUT2D eigenvalue weighted by molar-refractivity contribution is -0.131. The summed E-state index contributed by atoms with van der Waals surface area (Å²) in [4.78, 5) is 28.6. The number of rotatable bonds is 4. The molecule has 0 unspecified atom stereocenters. The van der Waals surface area contributed by atoms with Gasteiger partial charge in [-0.05, 0) is 18.6 Å². The summed E-state index contributed by atoms with van der Waals surface area (Å²) in [5, 5.41) is 8.78. The van der Waals surface area contributed by atoms with Gasteiger partial charge in [0.05, 0.1) is 5.75 Å². The molecule has 0 bridgehead atoms. The van der Waals surface area contributed by atoms with Gasteiger partial charge >= 0.3 is 5.97 Å². The van der Waals surface area contributed by atoms with Gasteiger partial charge in [-0.25, -0.2) is 9.78 Å². The molecule has 0 aromatic carbocycles. The predicted molar refractivity (Wildman–Crippen MR) is 63.1 cm³/mol. The highest BCUT2D eigenvalue weighted by Gasteiger charge is 2.19. The zero-order valence-electron chi connectivity index (χ0n) is 9.13. The Labute approximate surface area is 103 Å². The number of hydrogen-bond acceptors (Lipinski definition) is 4. The Morgan fingerprint density at radius 2 is 2.24 bits per heavy atom. The van der Waals surface area contributed by atoms with E-state index in [4.69, 9.17) is 5.11 Å². The van der Waals surface area contributed by atoms with Crippen molar-refractivity contribution in [3.63, 3.8) is 0 Å². The molecule has 1 aromatic rings. The van der Waals surface area contributed by atoms with Gasteiger partial charge in [0.15, 0.2) is 0 Å². The van der Waals surface area contributed by atoms with Crippen molar-refractivity contribution < 1.29 is 14.7 Å². The van der Waals surface area contributed by atoms with Gasteiger partial charge in [-0.2, -0.15) is 0 Å². The molecule has 90 valence electrons. The third-order valence-corrected chi connectivity index (χ3v) is 3.50. The molecule has 1 N–H and O–H groups in total. The van der Waals surface area contributed by atoms with Crippen molar-refractivity contribution in [3.05, 3.63) is 24.0 Å². The first kappa shape index (κ1) is 11.9. The van der Waals surface area contributed by atoms with Crippen molar-refractivity contribution in [1.29, 1.82) is 0 Å². The number of pyridine rings is 1. The van der Waals surface area contributed by atoms with Crippen molar-refractivity contribution in [3.8, 4) is 0 Å². The van der Waals surface area contributed by atoms with Crippen molar-refractivity contribution in [2.24, 2.45) is 0 Å². The molecule has 1 amide bonds. The van der Waals surface area contributed by atoms with Crippen molar-refractivity contribution in [2.75, 3.05) is 18.8 Å². The highest BCUT2D eigenvalue weighted by atomic mass is 32.2. The van der Waals surface area contributed by atoms with E-state index in [0.717, 1.165) is 24.4 Å². The molecule has 1 aliphatic heterocycles. The molecule has 5 nitrogen and oxygen atoms in total. The summed E-state index contributed by atoms with van der Waals surface area (Å²) in [6.07, 6.45) is 2.52. The molecule has 1 saturated heterocycles. The molecule has 0 atom stereocenters. The minimum absolute atomic E-state index is 0.00593. The number of nitrogens with zero attached hydrogens (tertiary/aromatic N) is 2. The Hall–Kier alpha value is -1.56. The second kappa shape index (κ2) is 5.18. The molecule has 17 heavy (non-hydrogen) atoms. The summed E-state index contributed by atoms with van der Waals surface area (Å²) >= 11 is 1.34. The van der Waals surface area contributed by atoms with E-state index < -0.39 is 5.97 Å². The molecule has 2 rings (SSSR count). The topological polar surface area (TPSA) is 70.5 Å². The maximum atomic E-state index is 11.6. The molecule has 0 saturated carbocycles. The van der Waals surface area contributed by atoms with E-state index in [2.05, 4.69) is 4.98 Å². The van der Waals surface area contributed by atoms with Crippen LogP contribution in [-0.4, -0.2) is 45.7 Å². The van der Waals surface area contributed by atoms with Crippen LogP contribution in [0, 0.1) is 0 Å². The van der Waals surface area contributed by atoms with E-state index in [1.165, 1.54) is 24.0 Å². The molecule has 0 aliphatic carbocycles. The molecular formula is C11H12N2O3S. The van der Waals surface area contributed by atoms with E-state index in [0.29, 0.717) is 5.75 Å². The number of aromatic nitrogens is 1. The molecule has 2 heterocycles. The summed E-state index contributed by atoms with van der Waals surface area (Å²) in [7, 11) is 0. The number of likely N-dealkylation sites (tertiary alicyclic amines) is 1. The van der Waals surface area contributed by atoms with E-state index in [-0.39, 0.29) is 11.6 Å². The van der Waals surface area contributed by atoms with Gasteiger partial charge in [0.1, 0.15) is 5.69 Å². The first-order chi connectivity index (χ1) is 8.16. The third kappa shape index (κ3) is 2.97. The quantitative estimate of drug-likeness (QED) is 0.813. The van der Waals surface area contributed by atoms with Crippen LogP contribution < -0.4 is 0 Å². The zero-order chi connectivity index (χ0) is 12.3. The number of thioether (sulfide) groups is 1. The summed E-state index contributed by atoms with van der Waals surface area (Å²) in [6, 6.07) is 3.19. The first-order valence-electron chi connectivity index (χ1n) is 5.27. The maximum Gasteiger partial charge on any atom is 0.354 e. The third-order valence-electron chi connectivity index (χ3n) is 2.52. The minimum Gasteiger partial charge on any atom is -0.477 e. The van der Waals surface area contributed by atoms with Gasteiger partial charge in [0.25, 0.3) is 0 Å². The smallest absolute Gasteiger partial charge is 0.354 e. The summed E-state index contributed by atoms with van der Waals surface area (Å²) in [6.45, 7) is 1.69. The van der Waals surface area contributed by atoms with Gasteiger partial charge in [-0.15, -0.1) is 11.8 Å². The number of hydrogen-bond donors (Lipinski definition) is 1. The number of carbonyl (C=O) groups is 2. The molecule has 0 spiro atoms. The fourth-order valence-corrected chi connectivity index (χ4v) is 2.24. The fraction of sp³-hybridized carbons (Fsp3) is 0.364. The van der Waals surface area contributed by atoms with E-state index in [1.807, 2.05) is 0 Å². The van der Waals surface area contributed by atoms with E-state index >= 15 is 0 Å². The highest BCUT2D eigenvalue weighted by molar-refractivity contribution is 8.00. The average Bonchev–Trinajstić information content (AvgIpc) is 2.24. The molecule has 1 fully saturated rings. The van der Waals surface area contributed by atoms with Crippen LogP contribution in [0.2, 0.25) is 0 Å². The van der Waals surface area contributed by atoms with Crippen LogP contribution in [0.1, 0.15) is 16.9 Å². The average molecular weight is 252 g/mol. The van der Waals surface area contributed by atoms with Crippen molar-refractivity contribution in [2.45, 2.75) is 11.3 Å². The second-order valence-corrected chi connectivity index (χ2v) is 4.75. The fourth-order valence-electron chi connectivity index (χ4n) is 1.42. The largest absolute Gasteiger partial charge is 0.477 e. The number of carbonyl (C=O) groups excluding carboxylic acids is 1. The summed E-state index contributed by atoms with van der Waals surface area (Å²) in [5.41, 5.74) is 0.00593. The minimum atomic E-state index is -1.05. The number of aromatic carboxylic acids is 1. The van der Waals surface area contributed by atoms with E-state index in [1.54, 1.807) is 11.0 Å². The second-order valence-electron chi connectivity index (χ2n) is 3.70. The van der Waals surface area contributed by atoms with Crippen LogP contribution in [0.15, 0.2) is 23.2 Å². The predicted octanol–water partition coefficient (Wildman–Crippen LogP) is 1.10. The number of carboxylic acids is 1. The molecule has 0 radical (unpaired) electrons. The standard InChI is InChI=1S/C11H12N2O3S/c14-10(13-4-1-5-13)7-17-8-2-3-12-9(6-8)11(15)16/h2-3,6H,1,4-5,7H2,(H,15,16). The Balaban J connectivity index is 1.91. The lowest BCUT2D eigenvalue weighted by atomic mass is 10.2. The normalized spacial score (nSPS) is 14.2.